The van der Waals surface area contributed by atoms with Crippen LogP contribution in [-0.2, 0) is 9.53 Å². The minimum absolute atomic E-state index is 0.0233. The topological polar surface area (TPSA) is 96.3 Å². The summed E-state index contributed by atoms with van der Waals surface area (Å²) in [6.45, 7) is 0. The van der Waals surface area contributed by atoms with Crippen LogP contribution in [0.5, 0.6) is 5.75 Å². The van der Waals surface area contributed by atoms with Gasteiger partial charge >= 0.3 is 0 Å². The second-order valence-electron chi connectivity index (χ2n) is 5.13. The molecule has 1 aliphatic heterocycles. The highest BCUT2D eigenvalue weighted by molar-refractivity contribution is 5.99. The van der Waals surface area contributed by atoms with Gasteiger partial charge in [0.15, 0.2) is 5.78 Å². The molecular weight excluding hydrogens is 268 g/mol. The lowest BCUT2D eigenvalue weighted by Gasteiger charge is -2.30. The summed E-state index contributed by atoms with van der Waals surface area (Å²) < 4.78 is 5.48. The highest BCUT2D eigenvalue weighted by atomic mass is 16.5. The molecule has 1 heterocycles. The van der Waals surface area contributed by atoms with Gasteiger partial charge in [-0.15, -0.1) is 0 Å². The number of Topliss-reactive ketones (excluding diaryl/α,β-unsaturated/α-hetero) is 1. The van der Waals surface area contributed by atoms with Crippen LogP contribution in [0.1, 0.15) is 30.7 Å². The Bertz CT molecular complexity index is 725. The van der Waals surface area contributed by atoms with Gasteiger partial charge in [0.05, 0.1) is 5.92 Å². The van der Waals surface area contributed by atoms with Gasteiger partial charge in [-0.2, -0.15) is 5.26 Å². The Morgan fingerprint density at radius 3 is 2.90 bits per heavy atom. The van der Waals surface area contributed by atoms with Crippen molar-refractivity contribution in [3.63, 3.8) is 0 Å². The summed E-state index contributed by atoms with van der Waals surface area (Å²) in [6, 6.07) is 8.58. The number of aromatic hydroxyl groups is 1. The van der Waals surface area contributed by atoms with Gasteiger partial charge in [0.2, 0.25) is 5.88 Å². The Hall–Kier alpha value is -2.74. The summed E-state index contributed by atoms with van der Waals surface area (Å²) in [6.07, 6.45) is 1.80. The maximum absolute atomic E-state index is 12.3. The predicted molar refractivity (Wildman–Crippen MR) is 74.6 cm³/mol. The summed E-state index contributed by atoms with van der Waals surface area (Å²) >= 11 is 0. The van der Waals surface area contributed by atoms with Crippen LogP contribution in [0.4, 0.5) is 0 Å². The van der Waals surface area contributed by atoms with Crippen LogP contribution < -0.4 is 5.73 Å². The van der Waals surface area contributed by atoms with E-state index in [1.807, 2.05) is 6.07 Å². The molecule has 5 heteroatoms. The van der Waals surface area contributed by atoms with E-state index in [0.717, 1.165) is 6.42 Å². The van der Waals surface area contributed by atoms with Crippen LogP contribution in [0.2, 0.25) is 0 Å². The third-order valence-corrected chi connectivity index (χ3v) is 3.81. The first-order valence-electron chi connectivity index (χ1n) is 6.74. The normalized spacial score (nSPS) is 21.7. The Labute approximate surface area is 121 Å². The number of nitrogens with two attached hydrogens (primary N) is 1. The van der Waals surface area contributed by atoms with E-state index >= 15 is 0 Å². The number of hydrogen-bond acceptors (Lipinski definition) is 5. The maximum atomic E-state index is 12.3. The molecule has 1 aromatic carbocycles. The molecule has 3 rings (SSSR count). The molecule has 0 spiro atoms. The van der Waals surface area contributed by atoms with E-state index in [2.05, 4.69) is 0 Å². The molecule has 0 unspecified atom stereocenters. The van der Waals surface area contributed by atoms with Crippen molar-refractivity contribution >= 4 is 5.78 Å². The molecule has 0 amide bonds. The number of phenols is 1. The Morgan fingerprint density at radius 2 is 2.19 bits per heavy atom. The van der Waals surface area contributed by atoms with Gasteiger partial charge in [0.25, 0.3) is 0 Å². The van der Waals surface area contributed by atoms with E-state index in [1.54, 1.807) is 24.3 Å². The summed E-state index contributed by atoms with van der Waals surface area (Å²) in [5.74, 6) is 0.0964. The number of allylic oxidation sites excluding steroid dienone is 3. The van der Waals surface area contributed by atoms with Crippen molar-refractivity contribution in [3.05, 3.63) is 52.6 Å². The smallest absolute Gasteiger partial charge is 0.205 e. The first kappa shape index (κ1) is 13.3. The molecule has 21 heavy (non-hydrogen) atoms. The van der Waals surface area contributed by atoms with E-state index in [0.29, 0.717) is 29.7 Å². The van der Waals surface area contributed by atoms with Gasteiger partial charge in [-0.05, 0) is 24.1 Å². The molecule has 2 aliphatic rings. The van der Waals surface area contributed by atoms with Gasteiger partial charge in [-0.25, -0.2) is 0 Å². The number of hydrogen-bond donors (Lipinski definition) is 2. The van der Waals surface area contributed by atoms with Crippen molar-refractivity contribution in [2.24, 2.45) is 5.73 Å². The second-order valence-corrected chi connectivity index (χ2v) is 5.13. The molecule has 3 N–H and O–H groups in total. The quantitative estimate of drug-likeness (QED) is 0.823. The number of ketones is 1. The van der Waals surface area contributed by atoms with Gasteiger partial charge in [0.1, 0.15) is 23.2 Å². The molecule has 0 radical (unpaired) electrons. The number of phenolic OH excluding ortho intramolecular Hbond substituents is 1. The Morgan fingerprint density at radius 1 is 1.38 bits per heavy atom. The fourth-order valence-corrected chi connectivity index (χ4v) is 2.89. The number of carbonyl (C=O) groups excluding carboxylic acids is 1. The minimum Gasteiger partial charge on any atom is -0.508 e. The SMILES string of the molecule is N#CC1=C(N)OC2=C(C(=O)CCC2)[C@@H]1c1cccc(O)c1. The first-order valence-corrected chi connectivity index (χ1v) is 6.74. The monoisotopic (exact) mass is 282 g/mol. The average Bonchev–Trinajstić information content (AvgIpc) is 2.46. The average molecular weight is 282 g/mol. The van der Waals surface area contributed by atoms with E-state index < -0.39 is 5.92 Å². The fourth-order valence-electron chi connectivity index (χ4n) is 2.89. The van der Waals surface area contributed by atoms with Crippen molar-refractivity contribution in [1.29, 1.82) is 5.26 Å². The molecule has 0 fully saturated rings. The van der Waals surface area contributed by atoms with Crippen molar-refractivity contribution < 1.29 is 14.6 Å². The van der Waals surface area contributed by atoms with Crippen molar-refractivity contribution in [3.8, 4) is 11.8 Å². The first-order chi connectivity index (χ1) is 10.1. The van der Waals surface area contributed by atoms with Crippen LogP contribution in [-0.4, -0.2) is 10.9 Å². The lowest BCUT2D eigenvalue weighted by atomic mass is 9.77. The number of rotatable bonds is 1. The van der Waals surface area contributed by atoms with Crippen LogP contribution in [0.15, 0.2) is 47.1 Å². The zero-order valence-corrected chi connectivity index (χ0v) is 11.3. The zero-order chi connectivity index (χ0) is 15.0. The standard InChI is InChI=1S/C16H14N2O3/c17-8-11-14(9-3-1-4-10(19)7-9)15-12(20)5-2-6-13(15)21-16(11)18/h1,3-4,7,14,19H,2,5-6,18H2/t14-/m1/s1. The molecule has 1 aliphatic carbocycles. The maximum Gasteiger partial charge on any atom is 0.205 e. The van der Waals surface area contributed by atoms with E-state index in [4.69, 9.17) is 10.5 Å². The van der Waals surface area contributed by atoms with E-state index in [1.165, 1.54) is 0 Å². The van der Waals surface area contributed by atoms with E-state index in [9.17, 15) is 15.2 Å². The molecule has 0 saturated carbocycles. The van der Waals surface area contributed by atoms with Gasteiger partial charge in [-0.1, -0.05) is 12.1 Å². The molecular formula is C16H14N2O3. The van der Waals surface area contributed by atoms with Gasteiger partial charge in [0, 0.05) is 18.4 Å². The van der Waals surface area contributed by atoms with E-state index in [-0.39, 0.29) is 23.0 Å². The summed E-state index contributed by atoms with van der Waals surface area (Å²) in [5.41, 5.74) is 7.22. The molecule has 5 nitrogen and oxygen atoms in total. The van der Waals surface area contributed by atoms with Crippen LogP contribution in [0.3, 0.4) is 0 Å². The highest BCUT2D eigenvalue weighted by Gasteiger charge is 2.37. The van der Waals surface area contributed by atoms with Gasteiger partial charge < -0.3 is 15.6 Å². The number of nitriles is 1. The minimum atomic E-state index is -0.557. The highest BCUT2D eigenvalue weighted by Crippen LogP contribution is 2.43. The molecule has 106 valence electrons. The summed E-state index contributed by atoms with van der Waals surface area (Å²) in [4.78, 5) is 12.3. The van der Waals surface area contributed by atoms with Crippen LogP contribution in [0, 0.1) is 11.3 Å². The zero-order valence-electron chi connectivity index (χ0n) is 11.3. The second kappa shape index (κ2) is 4.98. The number of ether oxygens (including phenoxy) is 1. The number of carbonyl (C=O) groups is 1. The molecule has 0 saturated heterocycles. The molecule has 0 bridgehead atoms. The largest absolute Gasteiger partial charge is 0.508 e. The third kappa shape index (κ3) is 2.15. The molecule has 0 aromatic heterocycles. The predicted octanol–water partition coefficient (Wildman–Crippen LogP) is 2.21. The lowest BCUT2D eigenvalue weighted by molar-refractivity contribution is -0.116. The molecule has 1 aromatic rings. The fraction of sp³-hybridized carbons (Fsp3) is 0.250. The Balaban J connectivity index is 2.20. The Kier molecular flexibility index (Phi) is 3.15. The summed E-state index contributed by atoms with van der Waals surface area (Å²) in [7, 11) is 0. The number of benzene rings is 1. The summed E-state index contributed by atoms with van der Waals surface area (Å²) in [5, 5.41) is 19.0. The molecule has 1 atom stereocenters. The lowest BCUT2D eigenvalue weighted by Crippen LogP contribution is -2.27. The van der Waals surface area contributed by atoms with Crippen LogP contribution in [0.25, 0.3) is 0 Å². The van der Waals surface area contributed by atoms with Crippen molar-refractivity contribution in [2.45, 2.75) is 25.2 Å². The number of nitrogens with zero attached hydrogens (tertiary/aromatic N) is 1. The van der Waals surface area contributed by atoms with Crippen molar-refractivity contribution in [2.75, 3.05) is 0 Å². The van der Waals surface area contributed by atoms with Gasteiger partial charge in [-0.3, -0.25) is 4.79 Å². The van der Waals surface area contributed by atoms with Crippen LogP contribution >= 0.6 is 0 Å². The third-order valence-electron chi connectivity index (χ3n) is 3.81. The van der Waals surface area contributed by atoms with Crippen molar-refractivity contribution in [1.82, 2.24) is 0 Å².